The van der Waals surface area contributed by atoms with Crippen molar-refractivity contribution < 1.29 is 13.9 Å². The summed E-state index contributed by atoms with van der Waals surface area (Å²) in [5, 5.41) is 17.0. The third-order valence-corrected chi connectivity index (χ3v) is 3.11. The second kappa shape index (κ2) is 6.19. The van der Waals surface area contributed by atoms with Crippen molar-refractivity contribution in [2.24, 2.45) is 0 Å². The molecule has 1 N–H and O–H groups in total. The Morgan fingerprint density at radius 3 is 2.89 bits per heavy atom. The Balaban J connectivity index is 2.03. The number of aliphatic hydroxyl groups excluding tert-OH is 1. The monoisotopic (exact) mass is 260 g/mol. The van der Waals surface area contributed by atoms with E-state index in [1.54, 1.807) is 0 Å². The number of aromatic nitrogens is 3. The van der Waals surface area contributed by atoms with Gasteiger partial charge in [-0.2, -0.15) is 0 Å². The van der Waals surface area contributed by atoms with Gasteiger partial charge in [0.2, 0.25) is 0 Å². The highest BCUT2D eigenvalue weighted by atomic mass is 19.3. The summed E-state index contributed by atoms with van der Waals surface area (Å²) < 4.78 is 26.8. The van der Waals surface area contributed by atoms with Crippen LogP contribution in [0, 0.1) is 0 Å². The molecule has 1 aliphatic rings. The number of aryl methyl sites for hydroxylation is 1. The fourth-order valence-corrected chi connectivity index (χ4v) is 2.26. The van der Waals surface area contributed by atoms with E-state index in [-0.39, 0.29) is 19.7 Å². The van der Waals surface area contributed by atoms with Gasteiger partial charge in [0, 0.05) is 19.5 Å². The predicted molar refractivity (Wildman–Crippen MR) is 61.3 cm³/mol. The van der Waals surface area contributed by atoms with Crippen LogP contribution in [0.4, 0.5) is 8.78 Å². The predicted octanol–water partition coefficient (Wildman–Crippen LogP) is 0.674. The zero-order chi connectivity index (χ0) is 13.0. The average Bonchev–Trinajstić information content (AvgIpc) is 2.72. The number of fused-ring (bicyclic) bond motifs is 1. The number of nitrogens with zero attached hydrogens (tertiary/aromatic N) is 4. The third kappa shape index (κ3) is 3.23. The maximum absolute atomic E-state index is 12.4. The first-order chi connectivity index (χ1) is 8.70. The van der Waals surface area contributed by atoms with Crippen LogP contribution in [0.2, 0.25) is 0 Å². The Morgan fingerprint density at radius 2 is 2.17 bits per heavy atom. The summed E-state index contributed by atoms with van der Waals surface area (Å²) in [4.78, 5) is 1.51. The van der Waals surface area contributed by atoms with Crippen molar-refractivity contribution in [1.82, 2.24) is 19.7 Å². The molecule has 0 fully saturated rings. The summed E-state index contributed by atoms with van der Waals surface area (Å²) >= 11 is 0. The minimum Gasteiger partial charge on any atom is -0.395 e. The van der Waals surface area contributed by atoms with Gasteiger partial charge in [0.1, 0.15) is 11.6 Å². The summed E-state index contributed by atoms with van der Waals surface area (Å²) in [6.07, 6.45) is 0.685. The van der Waals surface area contributed by atoms with Gasteiger partial charge >= 0.3 is 0 Å². The van der Waals surface area contributed by atoms with Crippen LogP contribution in [0.15, 0.2) is 0 Å². The van der Waals surface area contributed by atoms with Crippen molar-refractivity contribution in [3.63, 3.8) is 0 Å². The number of aliphatic hydroxyl groups is 1. The van der Waals surface area contributed by atoms with Crippen LogP contribution in [0.3, 0.4) is 0 Å². The molecular formula is C11H18F2N4O. The Bertz CT molecular complexity index is 383. The van der Waals surface area contributed by atoms with Gasteiger partial charge in [0.25, 0.3) is 6.43 Å². The molecular weight excluding hydrogens is 242 g/mol. The summed E-state index contributed by atoms with van der Waals surface area (Å²) in [6, 6.07) is 0. The lowest BCUT2D eigenvalue weighted by atomic mass is 10.1. The van der Waals surface area contributed by atoms with Gasteiger partial charge in [-0.1, -0.05) is 0 Å². The van der Waals surface area contributed by atoms with Gasteiger partial charge in [0.15, 0.2) is 0 Å². The molecule has 102 valence electrons. The second-order valence-electron chi connectivity index (χ2n) is 4.49. The molecule has 0 aliphatic carbocycles. The maximum Gasteiger partial charge on any atom is 0.251 e. The van der Waals surface area contributed by atoms with Gasteiger partial charge in [0.05, 0.1) is 19.7 Å². The lowest BCUT2D eigenvalue weighted by Gasteiger charge is -2.21. The molecule has 2 rings (SSSR count). The lowest BCUT2D eigenvalue weighted by Crippen LogP contribution is -2.32. The number of halogens is 2. The minimum atomic E-state index is -2.40. The molecule has 0 amide bonds. The van der Waals surface area contributed by atoms with E-state index in [0.29, 0.717) is 6.54 Å². The molecule has 0 unspecified atom stereocenters. The molecule has 0 saturated carbocycles. The first kappa shape index (κ1) is 13.4. The highest BCUT2D eigenvalue weighted by molar-refractivity contribution is 4.98. The van der Waals surface area contributed by atoms with Gasteiger partial charge in [-0.05, 0) is 12.8 Å². The normalized spacial score (nSPS) is 15.4. The number of hydrogen-bond acceptors (Lipinski definition) is 4. The number of alkyl halides is 2. The topological polar surface area (TPSA) is 54.2 Å². The summed E-state index contributed by atoms with van der Waals surface area (Å²) in [7, 11) is 0. The molecule has 1 aromatic heterocycles. The van der Waals surface area contributed by atoms with Gasteiger partial charge in [-0.15, -0.1) is 10.2 Å². The van der Waals surface area contributed by atoms with Crippen LogP contribution >= 0.6 is 0 Å². The van der Waals surface area contributed by atoms with E-state index in [4.69, 9.17) is 5.11 Å². The van der Waals surface area contributed by atoms with E-state index in [0.717, 1.165) is 37.5 Å². The van der Waals surface area contributed by atoms with Crippen molar-refractivity contribution in [1.29, 1.82) is 0 Å². The molecule has 5 nitrogen and oxygen atoms in total. The summed E-state index contributed by atoms with van der Waals surface area (Å²) in [6.45, 7) is 0.931. The highest BCUT2D eigenvalue weighted by Gasteiger charge is 2.19. The molecule has 0 atom stereocenters. The zero-order valence-electron chi connectivity index (χ0n) is 10.2. The zero-order valence-corrected chi connectivity index (χ0v) is 10.2. The van der Waals surface area contributed by atoms with Crippen molar-refractivity contribution in [3.05, 3.63) is 11.6 Å². The van der Waals surface area contributed by atoms with Crippen LogP contribution in [-0.4, -0.2) is 50.9 Å². The molecule has 0 bridgehead atoms. The fourth-order valence-electron chi connectivity index (χ4n) is 2.26. The summed E-state index contributed by atoms with van der Waals surface area (Å²) in [5.41, 5.74) is 0. The number of rotatable bonds is 6. The molecule has 18 heavy (non-hydrogen) atoms. The SMILES string of the molecule is OCCN(Cc1nnc2n1CCCC2)CC(F)F. The second-order valence-corrected chi connectivity index (χ2v) is 4.49. The van der Waals surface area contributed by atoms with Crippen LogP contribution in [-0.2, 0) is 19.5 Å². The van der Waals surface area contributed by atoms with E-state index in [1.165, 1.54) is 4.90 Å². The van der Waals surface area contributed by atoms with Crippen LogP contribution < -0.4 is 0 Å². The Labute approximate surface area is 104 Å². The Hall–Kier alpha value is -1.08. The average molecular weight is 260 g/mol. The molecule has 0 aromatic carbocycles. The molecule has 0 spiro atoms. The van der Waals surface area contributed by atoms with Crippen molar-refractivity contribution >= 4 is 0 Å². The molecule has 2 heterocycles. The van der Waals surface area contributed by atoms with E-state index >= 15 is 0 Å². The molecule has 1 aliphatic heterocycles. The first-order valence-corrected chi connectivity index (χ1v) is 6.23. The van der Waals surface area contributed by atoms with Crippen LogP contribution in [0.5, 0.6) is 0 Å². The lowest BCUT2D eigenvalue weighted by molar-refractivity contribution is 0.0726. The van der Waals surface area contributed by atoms with Crippen molar-refractivity contribution in [2.75, 3.05) is 19.7 Å². The molecule has 0 saturated heterocycles. The molecule has 7 heteroatoms. The van der Waals surface area contributed by atoms with Gasteiger partial charge in [-0.3, -0.25) is 4.90 Å². The molecule has 0 radical (unpaired) electrons. The van der Waals surface area contributed by atoms with Gasteiger partial charge < -0.3 is 9.67 Å². The van der Waals surface area contributed by atoms with Crippen molar-refractivity contribution in [3.8, 4) is 0 Å². The van der Waals surface area contributed by atoms with Crippen molar-refractivity contribution in [2.45, 2.75) is 38.8 Å². The van der Waals surface area contributed by atoms with Crippen LogP contribution in [0.25, 0.3) is 0 Å². The highest BCUT2D eigenvalue weighted by Crippen LogP contribution is 2.15. The standard InChI is InChI=1S/C11H18F2N4O/c12-9(13)7-16(5-6-18)8-11-15-14-10-3-1-2-4-17(10)11/h9,18H,1-8H2. The maximum atomic E-state index is 12.4. The van der Waals surface area contributed by atoms with E-state index in [1.807, 2.05) is 4.57 Å². The fraction of sp³-hybridized carbons (Fsp3) is 0.818. The van der Waals surface area contributed by atoms with Crippen LogP contribution in [0.1, 0.15) is 24.5 Å². The van der Waals surface area contributed by atoms with E-state index in [9.17, 15) is 8.78 Å². The Morgan fingerprint density at radius 1 is 1.33 bits per heavy atom. The van der Waals surface area contributed by atoms with E-state index < -0.39 is 6.43 Å². The minimum absolute atomic E-state index is 0.131. The Kier molecular flexibility index (Phi) is 4.60. The molecule has 1 aromatic rings. The largest absolute Gasteiger partial charge is 0.395 e. The smallest absolute Gasteiger partial charge is 0.251 e. The number of hydrogen-bond donors (Lipinski definition) is 1. The van der Waals surface area contributed by atoms with E-state index in [2.05, 4.69) is 10.2 Å². The van der Waals surface area contributed by atoms with Gasteiger partial charge in [-0.25, -0.2) is 8.78 Å². The first-order valence-electron chi connectivity index (χ1n) is 6.23. The third-order valence-electron chi connectivity index (χ3n) is 3.11. The quantitative estimate of drug-likeness (QED) is 0.817. The summed E-state index contributed by atoms with van der Waals surface area (Å²) in [5.74, 6) is 1.66.